The van der Waals surface area contributed by atoms with Crippen molar-refractivity contribution in [3.63, 3.8) is 0 Å². The summed E-state index contributed by atoms with van der Waals surface area (Å²) in [5, 5.41) is 8.70. The van der Waals surface area contributed by atoms with Crippen LogP contribution in [0.3, 0.4) is 0 Å². The molecule has 0 atom stereocenters. The molecule has 2 aromatic heterocycles. The molecule has 0 unspecified atom stereocenters. The average Bonchev–Trinajstić information content (AvgIpc) is 2.95. The Morgan fingerprint density at radius 3 is 2.81 bits per heavy atom. The molecule has 6 nitrogen and oxygen atoms in total. The van der Waals surface area contributed by atoms with E-state index in [1.54, 1.807) is 23.3 Å². The summed E-state index contributed by atoms with van der Waals surface area (Å²) in [6.07, 6.45) is 3.97. The number of para-hydroxylation sites is 1. The third kappa shape index (κ3) is 2.56. The van der Waals surface area contributed by atoms with E-state index in [1.807, 2.05) is 22.8 Å². The monoisotopic (exact) mass is 283 g/mol. The molecule has 6 heteroatoms. The van der Waals surface area contributed by atoms with E-state index in [1.165, 1.54) is 0 Å². The van der Waals surface area contributed by atoms with E-state index in [4.69, 9.17) is 0 Å². The molecule has 1 aromatic carbocycles. The quantitative estimate of drug-likeness (QED) is 0.732. The fourth-order valence-electron chi connectivity index (χ4n) is 2.36. The van der Waals surface area contributed by atoms with Crippen LogP contribution in [-0.2, 0) is 13.0 Å². The topological polar surface area (TPSA) is 65.6 Å². The van der Waals surface area contributed by atoms with Crippen LogP contribution in [0.1, 0.15) is 25.7 Å². The second-order valence-electron chi connectivity index (χ2n) is 5.26. The molecule has 0 saturated heterocycles. The van der Waals surface area contributed by atoms with Crippen LogP contribution in [0.2, 0.25) is 0 Å². The van der Waals surface area contributed by atoms with Gasteiger partial charge in [-0.05, 0) is 26.0 Å². The number of hydrogen-bond acceptors (Lipinski definition) is 4. The van der Waals surface area contributed by atoms with Gasteiger partial charge in [0.1, 0.15) is 12.2 Å². The molecule has 0 spiro atoms. The molecule has 0 bridgehead atoms. The maximum Gasteiger partial charge on any atom is 0.261 e. The molecule has 21 heavy (non-hydrogen) atoms. The highest BCUT2D eigenvalue weighted by molar-refractivity contribution is 5.76. The third-order valence-corrected chi connectivity index (χ3v) is 3.51. The minimum absolute atomic E-state index is 0.0174. The van der Waals surface area contributed by atoms with Crippen LogP contribution in [0.25, 0.3) is 10.9 Å². The standard InChI is InChI=1S/C15H17N5O/c1-11(2)20-10-17-18-14(20)7-8-19-9-16-13-6-4-3-5-12(13)15(19)21/h3-6,9-11H,7-8H2,1-2H3. The molecule has 0 fully saturated rings. The maximum atomic E-state index is 12.4. The van der Waals surface area contributed by atoms with Crippen LogP contribution in [0.15, 0.2) is 41.7 Å². The lowest BCUT2D eigenvalue weighted by atomic mass is 10.2. The van der Waals surface area contributed by atoms with Gasteiger partial charge in [-0.15, -0.1) is 10.2 Å². The third-order valence-electron chi connectivity index (χ3n) is 3.51. The Hall–Kier alpha value is -2.50. The van der Waals surface area contributed by atoms with E-state index in [0.29, 0.717) is 24.4 Å². The zero-order chi connectivity index (χ0) is 14.8. The van der Waals surface area contributed by atoms with Crippen molar-refractivity contribution in [2.45, 2.75) is 32.9 Å². The minimum atomic E-state index is -0.0174. The van der Waals surface area contributed by atoms with Crippen molar-refractivity contribution in [3.05, 3.63) is 53.1 Å². The summed E-state index contributed by atoms with van der Waals surface area (Å²) in [5.41, 5.74) is 0.709. The summed E-state index contributed by atoms with van der Waals surface area (Å²) in [5.74, 6) is 0.880. The molecular formula is C15H17N5O. The molecule has 108 valence electrons. The van der Waals surface area contributed by atoms with Crippen LogP contribution < -0.4 is 5.56 Å². The van der Waals surface area contributed by atoms with Crippen molar-refractivity contribution in [2.24, 2.45) is 0 Å². The highest BCUT2D eigenvalue weighted by atomic mass is 16.1. The van der Waals surface area contributed by atoms with Gasteiger partial charge < -0.3 is 4.57 Å². The van der Waals surface area contributed by atoms with E-state index in [0.717, 1.165) is 11.3 Å². The number of aryl methyl sites for hydroxylation is 2. The van der Waals surface area contributed by atoms with Crippen LogP contribution >= 0.6 is 0 Å². The number of rotatable bonds is 4. The number of benzene rings is 1. The molecule has 3 rings (SSSR count). The van der Waals surface area contributed by atoms with Crippen LogP contribution in [0.4, 0.5) is 0 Å². The van der Waals surface area contributed by atoms with Crippen LogP contribution in [0.5, 0.6) is 0 Å². The number of aromatic nitrogens is 5. The molecular weight excluding hydrogens is 266 g/mol. The van der Waals surface area contributed by atoms with Crippen molar-refractivity contribution in [2.75, 3.05) is 0 Å². The van der Waals surface area contributed by atoms with Crippen molar-refractivity contribution in [1.82, 2.24) is 24.3 Å². The molecule has 0 amide bonds. The normalized spacial score (nSPS) is 11.4. The predicted molar refractivity (Wildman–Crippen MR) is 80.1 cm³/mol. The van der Waals surface area contributed by atoms with E-state index in [-0.39, 0.29) is 5.56 Å². The number of nitrogens with zero attached hydrogens (tertiary/aromatic N) is 5. The van der Waals surface area contributed by atoms with Crippen LogP contribution in [0, 0.1) is 0 Å². The summed E-state index contributed by atoms with van der Waals surface area (Å²) in [4.78, 5) is 16.7. The van der Waals surface area contributed by atoms with Gasteiger partial charge >= 0.3 is 0 Å². The van der Waals surface area contributed by atoms with E-state index >= 15 is 0 Å². The highest BCUT2D eigenvalue weighted by Gasteiger charge is 2.09. The number of hydrogen-bond donors (Lipinski definition) is 0. The fraction of sp³-hybridized carbons (Fsp3) is 0.333. The molecule has 2 heterocycles. The van der Waals surface area contributed by atoms with Gasteiger partial charge in [0.2, 0.25) is 0 Å². The Morgan fingerprint density at radius 1 is 1.19 bits per heavy atom. The molecule has 0 N–H and O–H groups in total. The smallest absolute Gasteiger partial charge is 0.261 e. The van der Waals surface area contributed by atoms with Crippen molar-refractivity contribution in [3.8, 4) is 0 Å². The van der Waals surface area contributed by atoms with Crippen molar-refractivity contribution in [1.29, 1.82) is 0 Å². The lowest BCUT2D eigenvalue weighted by Gasteiger charge is -2.10. The zero-order valence-electron chi connectivity index (χ0n) is 12.1. The lowest BCUT2D eigenvalue weighted by molar-refractivity contribution is 0.544. The van der Waals surface area contributed by atoms with Gasteiger partial charge in [0.25, 0.3) is 5.56 Å². The van der Waals surface area contributed by atoms with Crippen LogP contribution in [-0.4, -0.2) is 24.3 Å². The molecule has 3 aromatic rings. The molecule has 0 aliphatic rings. The lowest BCUT2D eigenvalue weighted by Crippen LogP contribution is -2.22. The first-order valence-corrected chi connectivity index (χ1v) is 6.99. The van der Waals surface area contributed by atoms with E-state index < -0.39 is 0 Å². The Kier molecular flexibility index (Phi) is 3.51. The summed E-state index contributed by atoms with van der Waals surface area (Å²) >= 11 is 0. The summed E-state index contributed by atoms with van der Waals surface area (Å²) in [7, 11) is 0. The molecule has 0 saturated carbocycles. The van der Waals surface area contributed by atoms with Crippen molar-refractivity contribution < 1.29 is 0 Å². The Labute approximate surface area is 122 Å². The fourth-order valence-corrected chi connectivity index (χ4v) is 2.36. The molecule has 0 aliphatic heterocycles. The Balaban J connectivity index is 1.87. The van der Waals surface area contributed by atoms with Crippen molar-refractivity contribution >= 4 is 10.9 Å². The van der Waals surface area contributed by atoms with E-state index in [9.17, 15) is 4.79 Å². The minimum Gasteiger partial charge on any atom is -0.315 e. The molecule has 0 radical (unpaired) electrons. The second kappa shape index (κ2) is 5.47. The second-order valence-corrected chi connectivity index (χ2v) is 5.26. The van der Waals surface area contributed by atoms with Gasteiger partial charge in [-0.2, -0.15) is 0 Å². The summed E-state index contributed by atoms with van der Waals surface area (Å²) in [6.45, 7) is 4.70. The molecule has 0 aliphatic carbocycles. The van der Waals surface area contributed by atoms with Gasteiger partial charge in [0.05, 0.1) is 17.2 Å². The van der Waals surface area contributed by atoms with E-state index in [2.05, 4.69) is 29.0 Å². The predicted octanol–water partition coefficient (Wildman–Crippen LogP) is 1.81. The number of fused-ring (bicyclic) bond motifs is 1. The Morgan fingerprint density at radius 2 is 2.00 bits per heavy atom. The van der Waals surface area contributed by atoms with Gasteiger partial charge in [0, 0.05) is 19.0 Å². The Bertz CT molecular complexity index is 818. The largest absolute Gasteiger partial charge is 0.315 e. The first-order chi connectivity index (χ1) is 10.2. The highest BCUT2D eigenvalue weighted by Crippen LogP contribution is 2.08. The van der Waals surface area contributed by atoms with Gasteiger partial charge in [-0.1, -0.05) is 12.1 Å². The van der Waals surface area contributed by atoms with Gasteiger partial charge in [-0.25, -0.2) is 4.98 Å². The van der Waals surface area contributed by atoms with Gasteiger partial charge in [-0.3, -0.25) is 9.36 Å². The SMILES string of the molecule is CC(C)n1cnnc1CCn1cnc2ccccc2c1=O. The maximum absolute atomic E-state index is 12.4. The summed E-state index contributed by atoms with van der Waals surface area (Å²) < 4.78 is 3.64. The first kappa shape index (κ1) is 13.5. The average molecular weight is 283 g/mol. The summed E-state index contributed by atoms with van der Waals surface area (Å²) in [6, 6.07) is 7.69. The van der Waals surface area contributed by atoms with Gasteiger partial charge in [0.15, 0.2) is 0 Å². The first-order valence-electron chi connectivity index (χ1n) is 6.99. The zero-order valence-corrected chi connectivity index (χ0v) is 12.1.